The minimum atomic E-state index is -0.864. The van der Waals surface area contributed by atoms with Crippen LogP contribution in [0.3, 0.4) is 0 Å². The summed E-state index contributed by atoms with van der Waals surface area (Å²) >= 11 is 6.26. The van der Waals surface area contributed by atoms with Crippen LogP contribution in [0.5, 0.6) is 0 Å². The van der Waals surface area contributed by atoms with Gasteiger partial charge in [-0.1, -0.05) is 17.7 Å². The number of rotatable bonds is 3. The van der Waals surface area contributed by atoms with Crippen molar-refractivity contribution in [2.45, 2.75) is 32.2 Å². The molecule has 1 amide bonds. The fourth-order valence-corrected chi connectivity index (χ4v) is 4.05. The summed E-state index contributed by atoms with van der Waals surface area (Å²) in [6.07, 6.45) is 1.04. The Labute approximate surface area is 152 Å². The number of hydrogen-bond donors (Lipinski definition) is 1. The third-order valence-corrected chi connectivity index (χ3v) is 5.72. The zero-order chi connectivity index (χ0) is 18.4. The number of piperidine rings is 1. The molecule has 2 aliphatic rings. The average Bonchev–Trinajstić information content (AvgIpc) is 2.80. The lowest BCUT2D eigenvalue weighted by Crippen LogP contribution is -2.54. The zero-order valence-corrected chi connectivity index (χ0v) is 15.7. The predicted octanol–water partition coefficient (Wildman–Crippen LogP) is 3.03. The molecule has 1 aromatic carbocycles. The predicted molar refractivity (Wildman–Crippen MR) is 94.9 cm³/mol. The van der Waals surface area contributed by atoms with E-state index in [1.807, 2.05) is 25.0 Å². The van der Waals surface area contributed by atoms with E-state index in [0.29, 0.717) is 36.5 Å². The average molecular weight is 367 g/mol. The van der Waals surface area contributed by atoms with Crippen LogP contribution in [0.15, 0.2) is 17.9 Å². The van der Waals surface area contributed by atoms with Gasteiger partial charge < -0.3 is 9.94 Å². The van der Waals surface area contributed by atoms with Crippen molar-refractivity contribution >= 4 is 23.1 Å². The smallest absolute Gasteiger partial charge is 0.282 e. The van der Waals surface area contributed by atoms with E-state index in [-0.39, 0.29) is 17.2 Å². The van der Waals surface area contributed by atoms with E-state index in [2.05, 4.69) is 0 Å². The highest BCUT2D eigenvalue weighted by Crippen LogP contribution is 2.46. The molecule has 6 nitrogen and oxygen atoms in total. The van der Waals surface area contributed by atoms with Gasteiger partial charge in [0.1, 0.15) is 11.3 Å². The van der Waals surface area contributed by atoms with Crippen molar-refractivity contribution in [2.24, 2.45) is 0 Å². The summed E-state index contributed by atoms with van der Waals surface area (Å²) in [6, 6.07) is 3.65. The van der Waals surface area contributed by atoms with Crippen LogP contribution in [-0.4, -0.2) is 54.0 Å². The molecule has 0 bridgehead atoms. The van der Waals surface area contributed by atoms with Gasteiger partial charge in [0.25, 0.3) is 5.91 Å². The molecule has 0 aliphatic carbocycles. The molecular weight excluding hydrogens is 344 g/mol. The van der Waals surface area contributed by atoms with Crippen molar-refractivity contribution in [1.82, 2.24) is 10.1 Å². The number of nitrogens with zero attached hydrogens (tertiary/aromatic N) is 2. The summed E-state index contributed by atoms with van der Waals surface area (Å²) < 4.78 is 0. The first-order chi connectivity index (χ1) is 11.9. The number of carbonyl (C=O) groups is 1. The number of carbonyl (C=O) groups excluding carboxylic acids is 1. The second-order valence-electron chi connectivity index (χ2n) is 6.51. The molecule has 2 heterocycles. The van der Waals surface area contributed by atoms with E-state index < -0.39 is 5.54 Å². The van der Waals surface area contributed by atoms with Gasteiger partial charge in [-0.05, 0) is 49.4 Å². The molecule has 3 rings (SSSR count). The molecule has 2 aliphatic heterocycles. The summed E-state index contributed by atoms with van der Waals surface area (Å²) in [5.41, 5.74) is 1.77. The van der Waals surface area contributed by atoms with Crippen molar-refractivity contribution in [3.8, 4) is 0 Å². The van der Waals surface area contributed by atoms with Crippen LogP contribution in [-0.2, 0) is 14.5 Å². The molecule has 1 aromatic rings. The van der Waals surface area contributed by atoms with E-state index >= 15 is 0 Å². The molecule has 25 heavy (non-hydrogen) atoms. The molecule has 1 N–H and O–H groups in total. The third kappa shape index (κ3) is 2.64. The van der Waals surface area contributed by atoms with Crippen molar-refractivity contribution in [2.75, 3.05) is 27.3 Å². The number of aliphatic hydroxyl groups excluding tert-OH is 1. The number of benzene rings is 1. The van der Waals surface area contributed by atoms with Crippen molar-refractivity contribution in [1.29, 1.82) is 0 Å². The minimum Gasteiger partial charge on any atom is -0.509 e. The van der Waals surface area contributed by atoms with Crippen LogP contribution in [0.25, 0.3) is 5.57 Å². The molecular formula is C18H23ClN2O4. The first-order valence-corrected chi connectivity index (χ1v) is 8.62. The second-order valence-corrected chi connectivity index (χ2v) is 6.92. The minimum absolute atomic E-state index is 0.0589. The van der Waals surface area contributed by atoms with E-state index in [1.54, 1.807) is 13.2 Å². The molecule has 0 radical (unpaired) electrons. The molecule has 0 atom stereocenters. The molecule has 1 spiro atoms. The first-order valence-electron chi connectivity index (χ1n) is 8.25. The Balaban J connectivity index is 2.14. The SMILES string of the molecule is CON1CCC2(CC1)C(O)=C(c1c(C)ccc(Cl)c1C)C(=O)N2OC. The van der Waals surface area contributed by atoms with Gasteiger partial charge in [-0.25, -0.2) is 5.06 Å². The fourth-order valence-electron chi connectivity index (χ4n) is 3.89. The number of hydrogen-bond acceptors (Lipinski definition) is 5. The van der Waals surface area contributed by atoms with Crippen LogP contribution in [0, 0.1) is 13.8 Å². The normalized spacial score (nSPS) is 20.8. The number of aliphatic hydroxyl groups is 1. The number of aryl methyl sites for hydroxylation is 1. The lowest BCUT2D eigenvalue weighted by molar-refractivity contribution is -0.221. The Hall–Kier alpha value is -1.60. The van der Waals surface area contributed by atoms with E-state index in [4.69, 9.17) is 21.3 Å². The van der Waals surface area contributed by atoms with E-state index in [0.717, 1.165) is 11.1 Å². The topological polar surface area (TPSA) is 62.2 Å². The lowest BCUT2D eigenvalue weighted by atomic mass is 9.85. The highest BCUT2D eigenvalue weighted by atomic mass is 35.5. The lowest BCUT2D eigenvalue weighted by Gasteiger charge is -2.42. The quantitative estimate of drug-likeness (QED) is 0.890. The van der Waals surface area contributed by atoms with Gasteiger partial charge in [0.15, 0.2) is 0 Å². The van der Waals surface area contributed by atoms with Crippen molar-refractivity contribution in [3.05, 3.63) is 39.6 Å². The van der Waals surface area contributed by atoms with Crippen molar-refractivity contribution in [3.63, 3.8) is 0 Å². The molecule has 1 saturated heterocycles. The maximum atomic E-state index is 13.1. The van der Waals surface area contributed by atoms with Crippen LogP contribution in [0.4, 0.5) is 0 Å². The molecule has 136 valence electrons. The van der Waals surface area contributed by atoms with Crippen LogP contribution < -0.4 is 0 Å². The Bertz CT molecular complexity index is 739. The van der Waals surface area contributed by atoms with Gasteiger partial charge >= 0.3 is 0 Å². The Morgan fingerprint density at radius 3 is 2.36 bits per heavy atom. The summed E-state index contributed by atoms with van der Waals surface area (Å²) in [4.78, 5) is 23.8. The molecule has 0 unspecified atom stereocenters. The van der Waals surface area contributed by atoms with Gasteiger partial charge in [0.05, 0.1) is 19.8 Å². The molecule has 7 heteroatoms. The van der Waals surface area contributed by atoms with E-state index in [9.17, 15) is 9.90 Å². The summed E-state index contributed by atoms with van der Waals surface area (Å²) in [6.45, 7) is 4.94. The first kappa shape index (κ1) is 18.2. The van der Waals surface area contributed by atoms with Crippen LogP contribution >= 0.6 is 11.6 Å². The molecule has 0 aromatic heterocycles. The second kappa shape index (κ2) is 6.61. The van der Waals surface area contributed by atoms with Gasteiger partial charge in [-0.2, -0.15) is 5.06 Å². The largest absolute Gasteiger partial charge is 0.509 e. The van der Waals surface area contributed by atoms with Crippen LogP contribution in [0.2, 0.25) is 5.02 Å². The maximum Gasteiger partial charge on any atom is 0.282 e. The third-order valence-electron chi connectivity index (χ3n) is 5.31. The number of halogens is 1. The monoisotopic (exact) mass is 366 g/mol. The van der Waals surface area contributed by atoms with Crippen LogP contribution in [0.1, 0.15) is 29.5 Å². The molecule has 0 saturated carbocycles. The summed E-state index contributed by atoms with van der Waals surface area (Å²) in [5.74, 6) is -0.275. The Kier molecular flexibility index (Phi) is 4.81. The Morgan fingerprint density at radius 1 is 1.16 bits per heavy atom. The van der Waals surface area contributed by atoms with Crippen molar-refractivity contribution < 1.29 is 19.6 Å². The van der Waals surface area contributed by atoms with Gasteiger partial charge in [-0.15, -0.1) is 0 Å². The molecule has 1 fully saturated rings. The fraction of sp³-hybridized carbons (Fsp3) is 0.500. The number of hydroxylamine groups is 4. The summed E-state index contributed by atoms with van der Waals surface area (Å²) in [5, 5.41) is 14.8. The Morgan fingerprint density at radius 2 is 1.80 bits per heavy atom. The van der Waals surface area contributed by atoms with E-state index in [1.165, 1.54) is 12.2 Å². The number of amides is 1. The zero-order valence-electron chi connectivity index (χ0n) is 14.9. The van der Waals surface area contributed by atoms with Gasteiger partial charge in [-0.3, -0.25) is 9.63 Å². The highest BCUT2D eigenvalue weighted by Gasteiger charge is 2.55. The summed E-state index contributed by atoms with van der Waals surface area (Å²) in [7, 11) is 3.07. The standard InChI is InChI=1S/C18H23ClN2O4/c1-11-5-6-13(19)12(2)14(11)15-16(22)18(21(25-4)17(15)23)7-9-20(24-3)10-8-18/h5-6,22H,7-10H2,1-4H3. The van der Waals surface area contributed by atoms with Gasteiger partial charge in [0.2, 0.25) is 0 Å². The highest BCUT2D eigenvalue weighted by molar-refractivity contribution is 6.32. The maximum absolute atomic E-state index is 13.1. The van der Waals surface area contributed by atoms with Gasteiger partial charge in [0, 0.05) is 18.1 Å².